The predicted molar refractivity (Wildman–Crippen MR) is 66.1 cm³/mol. The quantitative estimate of drug-likeness (QED) is 0.445. The summed E-state index contributed by atoms with van der Waals surface area (Å²) in [4.78, 5) is 25.9. The van der Waals surface area contributed by atoms with Crippen LogP contribution in [0.2, 0.25) is 0 Å². The maximum Gasteiger partial charge on any atom is 0.350 e. The second kappa shape index (κ2) is 5.30. The number of nitrogens with two attached hydrogens (primary N) is 1. The average Bonchev–Trinajstić information content (AvgIpc) is 2.71. The van der Waals surface area contributed by atoms with E-state index in [1.165, 1.54) is 0 Å². The first-order valence-electron chi connectivity index (χ1n) is 5.62. The molecule has 2 rings (SSSR count). The summed E-state index contributed by atoms with van der Waals surface area (Å²) in [7, 11) is -4.15. The summed E-state index contributed by atoms with van der Waals surface area (Å²) in [6.07, 6.45) is 0.598. The highest BCUT2D eigenvalue weighted by molar-refractivity contribution is 7.51. The summed E-state index contributed by atoms with van der Waals surface area (Å²) >= 11 is 0. The maximum atomic E-state index is 10.7. The molecule has 9 nitrogen and oxygen atoms in total. The number of fused-ring (bicyclic) bond motifs is 1. The molecule has 0 saturated heterocycles. The fourth-order valence-corrected chi connectivity index (χ4v) is 2.15. The second-order valence-corrected chi connectivity index (χ2v) is 5.83. The van der Waals surface area contributed by atoms with E-state index in [0.29, 0.717) is 29.9 Å². The van der Waals surface area contributed by atoms with Crippen molar-refractivity contribution in [3.8, 4) is 0 Å². The van der Waals surface area contributed by atoms with Crippen molar-refractivity contribution in [1.29, 1.82) is 0 Å². The van der Waals surface area contributed by atoms with Crippen LogP contribution >= 0.6 is 7.60 Å². The molecule has 1 atom stereocenters. The van der Waals surface area contributed by atoms with Gasteiger partial charge in [-0.3, -0.25) is 4.57 Å². The van der Waals surface area contributed by atoms with E-state index in [9.17, 15) is 4.57 Å². The topological polar surface area (TPSA) is 135 Å². The van der Waals surface area contributed by atoms with Crippen LogP contribution in [0, 0.1) is 0 Å². The molecular formula is C9H16N5O4P. The lowest BCUT2D eigenvalue weighted by atomic mass is 10.4. The molecule has 0 saturated carbocycles. The minimum Gasteiger partial charge on any atom is -0.384 e. The van der Waals surface area contributed by atoms with Crippen molar-refractivity contribution in [3.63, 3.8) is 0 Å². The van der Waals surface area contributed by atoms with E-state index in [4.69, 9.17) is 20.3 Å². The smallest absolute Gasteiger partial charge is 0.350 e. The van der Waals surface area contributed by atoms with Gasteiger partial charge in [0.1, 0.15) is 24.2 Å². The standard InChI is InChI=1S/C9H16N5O4P/c1-6(18-5-19(15,16)17)2-14-4-13-7-8(10)11-3-12-9(7)14/h4,6,11H,2-3,5,10H2,1H3,(H2,15,16,17)/t6-/m1/s1. The van der Waals surface area contributed by atoms with Crippen LogP contribution in [0.4, 0.5) is 0 Å². The van der Waals surface area contributed by atoms with Gasteiger partial charge in [-0.15, -0.1) is 0 Å². The van der Waals surface area contributed by atoms with E-state index >= 15 is 0 Å². The number of ether oxygens (including phenoxy) is 1. The molecule has 1 aromatic rings. The van der Waals surface area contributed by atoms with Crippen LogP contribution < -0.4 is 21.9 Å². The molecule has 19 heavy (non-hydrogen) atoms. The van der Waals surface area contributed by atoms with Gasteiger partial charge >= 0.3 is 7.60 Å². The van der Waals surface area contributed by atoms with Gasteiger partial charge in [0.15, 0.2) is 5.49 Å². The van der Waals surface area contributed by atoms with Crippen molar-refractivity contribution in [2.75, 3.05) is 13.0 Å². The van der Waals surface area contributed by atoms with Gasteiger partial charge in [0.25, 0.3) is 0 Å². The van der Waals surface area contributed by atoms with Crippen molar-refractivity contribution < 1.29 is 19.1 Å². The van der Waals surface area contributed by atoms with Crippen LogP contribution in [0.25, 0.3) is 5.82 Å². The van der Waals surface area contributed by atoms with E-state index in [2.05, 4.69) is 15.3 Å². The maximum absolute atomic E-state index is 10.7. The van der Waals surface area contributed by atoms with Gasteiger partial charge in [0.05, 0.1) is 19.0 Å². The molecule has 2 heterocycles. The summed E-state index contributed by atoms with van der Waals surface area (Å²) in [5, 5.41) is 3.44. The van der Waals surface area contributed by atoms with Gasteiger partial charge in [-0.05, 0) is 6.92 Å². The number of hydrogen-bond donors (Lipinski definition) is 4. The third-order valence-corrected chi connectivity index (χ3v) is 3.03. The van der Waals surface area contributed by atoms with Crippen LogP contribution in [0.5, 0.6) is 0 Å². The normalized spacial score (nSPS) is 16.5. The lowest BCUT2D eigenvalue weighted by Crippen LogP contribution is -2.44. The van der Waals surface area contributed by atoms with Crippen LogP contribution in [0.1, 0.15) is 6.92 Å². The van der Waals surface area contributed by atoms with Crippen LogP contribution in [0.15, 0.2) is 11.3 Å². The number of rotatable bonds is 5. The zero-order valence-electron chi connectivity index (χ0n) is 10.4. The summed E-state index contributed by atoms with van der Waals surface area (Å²) in [5.74, 6) is 0.465. The number of nitrogens with zero attached hydrogens (tertiary/aromatic N) is 3. The Morgan fingerprint density at radius 2 is 2.42 bits per heavy atom. The molecule has 1 aromatic heterocycles. The molecule has 0 spiro atoms. The second-order valence-electron chi connectivity index (χ2n) is 4.25. The van der Waals surface area contributed by atoms with Gasteiger partial charge < -0.3 is 30.1 Å². The number of aromatic nitrogens is 2. The van der Waals surface area contributed by atoms with Crippen molar-refractivity contribution in [2.24, 2.45) is 10.7 Å². The molecule has 0 radical (unpaired) electrons. The summed E-state index contributed by atoms with van der Waals surface area (Å²) in [5.41, 5.74) is 6.38. The van der Waals surface area contributed by atoms with Crippen LogP contribution in [0.3, 0.4) is 0 Å². The van der Waals surface area contributed by atoms with Crippen molar-refractivity contribution >= 4 is 13.4 Å². The molecule has 0 fully saturated rings. The average molecular weight is 289 g/mol. The summed E-state index contributed by atoms with van der Waals surface area (Å²) in [6, 6.07) is 0. The first kappa shape index (κ1) is 14.0. The van der Waals surface area contributed by atoms with Gasteiger partial charge in [-0.25, -0.2) is 9.98 Å². The number of imidazole rings is 1. The lowest BCUT2D eigenvalue weighted by molar-refractivity contribution is 0.0749. The highest BCUT2D eigenvalue weighted by Gasteiger charge is 2.16. The Hall–Kier alpha value is -1.41. The largest absolute Gasteiger partial charge is 0.384 e. The van der Waals surface area contributed by atoms with E-state index < -0.39 is 13.9 Å². The Bertz CT molecular complexity index is 621. The van der Waals surface area contributed by atoms with Crippen LogP contribution in [-0.4, -0.2) is 38.5 Å². The lowest BCUT2D eigenvalue weighted by Gasteiger charge is -2.14. The summed E-state index contributed by atoms with van der Waals surface area (Å²) in [6.45, 7) is 2.48. The zero-order valence-corrected chi connectivity index (χ0v) is 11.2. The number of nitrogens with one attached hydrogen (secondary N) is 1. The monoisotopic (exact) mass is 289 g/mol. The molecule has 0 unspecified atom stereocenters. The van der Waals surface area contributed by atoms with E-state index in [1.807, 2.05) is 0 Å². The fourth-order valence-electron chi connectivity index (χ4n) is 1.70. The molecular weight excluding hydrogens is 273 g/mol. The van der Waals surface area contributed by atoms with E-state index in [1.54, 1.807) is 17.8 Å². The number of hydrogen-bond acceptors (Lipinski definition) is 6. The van der Waals surface area contributed by atoms with Crippen molar-refractivity contribution in [2.45, 2.75) is 19.6 Å². The predicted octanol–water partition coefficient (Wildman–Crippen LogP) is -2.37. The first-order chi connectivity index (χ1) is 8.87. The minimum absolute atomic E-state index is 0.377. The molecule has 1 aliphatic heterocycles. The van der Waals surface area contributed by atoms with Gasteiger partial charge in [0, 0.05) is 0 Å². The highest BCUT2D eigenvalue weighted by Crippen LogP contribution is 2.34. The molecule has 0 amide bonds. The Kier molecular flexibility index (Phi) is 3.91. The Morgan fingerprint density at radius 1 is 1.68 bits per heavy atom. The minimum atomic E-state index is -4.15. The molecule has 0 aromatic carbocycles. The zero-order chi connectivity index (χ0) is 14.0. The first-order valence-corrected chi connectivity index (χ1v) is 7.42. The Morgan fingerprint density at radius 3 is 3.11 bits per heavy atom. The van der Waals surface area contributed by atoms with Gasteiger partial charge in [0.2, 0.25) is 0 Å². The highest BCUT2D eigenvalue weighted by atomic mass is 31.2. The Labute approximate surface area is 109 Å². The molecule has 0 bridgehead atoms. The van der Waals surface area contributed by atoms with Crippen molar-refractivity contribution in [3.05, 3.63) is 17.2 Å². The van der Waals surface area contributed by atoms with Gasteiger partial charge in [-0.1, -0.05) is 0 Å². The molecule has 106 valence electrons. The summed E-state index contributed by atoms with van der Waals surface area (Å²) < 4.78 is 17.6. The van der Waals surface area contributed by atoms with Gasteiger partial charge in [-0.2, -0.15) is 0 Å². The SMILES string of the molecule is C[C@H](Cn1cnc2c1=NCNC=2N)OCP(=O)(O)O. The van der Waals surface area contributed by atoms with Crippen LogP contribution in [-0.2, 0) is 15.8 Å². The van der Waals surface area contributed by atoms with E-state index in [0.717, 1.165) is 0 Å². The molecule has 10 heteroatoms. The third kappa shape index (κ3) is 3.54. The van der Waals surface area contributed by atoms with E-state index in [-0.39, 0.29) is 6.10 Å². The Balaban J connectivity index is 2.09. The molecule has 5 N–H and O–H groups in total. The fraction of sp³-hybridized carbons (Fsp3) is 0.556. The third-order valence-electron chi connectivity index (χ3n) is 2.54. The molecule has 1 aliphatic rings. The molecule has 0 aliphatic carbocycles. The van der Waals surface area contributed by atoms with Crippen molar-refractivity contribution in [1.82, 2.24) is 14.9 Å².